The number of phosphoric acid groups is 1. The summed E-state index contributed by atoms with van der Waals surface area (Å²) in [5, 5.41) is 128. The number of hydrogen-bond donors (Lipinski definition) is 23. The first-order chi connectivity index (χ1) is 70.8. The van der Waals surface area contributed by atoms with E-state index < -0.39 is 214 Å². The molecular weight excluding hydrogens is 1990 g/mol. The fraction of sp³-hybridized carbons (Fsp3) is 0.779. The van der Waals surface area contributed by atoms with Crippen LogP contribution in [0.5, 0.6) is 5.75 Å². The number of unbranched alkanes of at least 4 members (excludes halogenated alkanes) is 11. The zero-order chi connectivity index (χ0) is 109. The van der Waals surface area contributed by atoms with Crippen LogP contribution in [0.4, 0.5) is 0 Å². The second-order valence-corrected chi connectivity index (χ2v) is 39.4. The highest BCUT2D eigenvalue weighted by Gasteiger charge is 2.44. The average molecular weight is 2150 g/mol. The number of carbonyl (C=O) groups excluding carboxylic acids is 14. The molecule has 0 bridgehead atoms. The third-order valence-corrected chi connectivity index (χ3v) is 26.2. The Kier molecular flexibility index (Phi) is 64.7. The van der Waals surface area contributed by atoms with Gasteiger partial charge in [-0.3, -0.25) is 76.5 Å². The van der Waals surface area contributed by atoms with Crippen LogP contribution in [-0.4, -0.2) is 381 Å². The fourth-order valence-corrected chi connectivity index (χ4v) is 17.8. The number of aliphatic hydroxyl groups excluding tert-OH is 8. The highest BCUT2D eigenvalue weighted by atomic mass is 32.2. The molecule has 4 heterocycles. The second kappa shape index (κ2) is 74.0. The number of nitrogens with one attached hydrogen (secondary N) is 14. The van der Waals surface area contributed by atoms with Gasteiger partial charge in [-0.25, -0.2) is 0 Å². The van der Waals surface area contributed by atoms with Crippen molar-refractivity contribution >= 4 is 108 Å². The minimum absolute atomic E-state index is 0.00763. The number of hydrogen-bond acceptors (Lipinski definition) is 37. The number of rotatable bonds is 77. The number of aliphatic hydroxyl groups is 8. The van der Waals surface area contributed by atoms with Gasteiger partial charge in [0.25, 0.3) is 19.6 Å². The maximum Gasteiger partial charge on any atom is 0.305 e. The van der Waals surface area contributed by atoms with Crippen LogP contribution in [-0.2, 0) is 114 Å². The van der Waals surface area contributed by atoms with Crippen LogP contribution < -0.4 is 84.1 Å². The number of benzene rings is 1. The molecule has 23 N–H and O–H groups in total. The molecule has 148 heavy (non-hydrogen) atoms. The van der Waals surface area contributed by atoms with Crippen molar-refractivity contribution in [2.75, 3.05) is 131 Å². The second-order valence-electron chi connectivity index (χ2n) is 36.6. The fourth-order valence-electron chi connectivity index (χ4n) is 16.2. The molecular formula is C95H160N14O37PS-. The van der Waals surface area contributed by atoms with E-state index in [1.165, 1.54) is 57.7 Å². The number of aliphatic carboxylic acids is 1. The van der Waals surface area contributed by atoms with Crippen molar-refractivity contribution in [3.05, 3.63) is 29.3 Å². The van der Waals surface area contributed by atoms with Gasteiger partial charge in [0.05, 0.1) is 100 Å². The van der Waals surface area contributed by atoms with Crippen LogP contribution in [0.25, 0.3) is 0 Å². The third-order valence-electron chi connectivity index (χ3n) is 24.0. The number of amides is 14. The van der Waals surface area contributed by atoms with Gasteiger partial charge < -0.3 is 177 Å². The van der Waals surface area contributed by atoms with Crippen molar-refractivity contribution in [2.45, 2.75) is 342 Å². The monoisotopic (exact) mass is 2150 g/mol. The molecule has 1 aromatic carbocycles. The summed E-state index contributed by atoms with van der Waals surface area (Å²) < 4.78 is 72.8. The summed E-state index contributed by atoms with van der Waals surface area (Å²) in [6, 6.07) is -1.97. The van der Waals surface area contributed by atoms with E-state index in [-0.39, 0.29) is 236 Å². The lowest BCUT2D eigenvalue weighted by atomic mass is 10.00. The highest BCUT2D eigenvalue weighted by Crippen LogP contribution is 2.37. The molecule has 5 rings (SSSR count). The zero-order valence-electron chi connectivity index (χ0n) is 85.4. The summed E-state index contributed by atoms with van der Waals surface area (Å²) in [6.07, 6.45) is -3.52. The quantitative estimate of drug-likeness (QED) is 0.0228. The average Bonchev–Trinajstić information content (AvgIpc) is 0.846. The maximum absolute atomic E-state index is 14.2. The van der Waals surface area contributed by atoms with Crippen molar-refractivity contribution in [3.63, 3.8) is 0 Å². The van der Waals surface area contributed by atoms with Gasteiger partial charge in [-0.15, -0.1) is 11.8 Å². The van der Waals surface area contributed by atoms with Gasteiger partial charge >= 0.3 is 5.97 Å². The summed E-state index contributed by atoms with van der Waals surface area (Å²) in [4.78, 5) is 207. The summed E-state index contributed by atoms with van der Waals surface area (Å²) in [5.41, 5.74) is -0.219. The summed E-state index contributed by atoms with van der Waals surface area (Å²) in [5.74, 6) is -7.57. The smallest absolute Gasteiger partial charge is 0.305 e. The predicted octanol–water partition coefficient (Wildman–Crippen LogP) is -3.00. The van der Waals surface area contributed by atoms with Gasteiger partial charge in [0, 0.05) is 176 Å². The minimum atomic E-state index is -4.33. The van der Waals surface area contributed by atoms with Crippen molar-refractivity contribution < 1.29 is 179 Å². The Bertz CT molecular complexity index is 4040. The number of phosphoric ester groups is 1. The topological polar surface area (TPSA) is 748 Å². The summed E-state index contributed by atoms with van der Waals surface area (Å²) >= 11 is 1.20. The first-order valence-corrected chi connectivity index (χ1v) is 53.6. The molecule has 4 saturated heterocycles. The lowest BCUT2D eigenvalue weighted by Gasteiger charge is -2.39. The van der Waals surface area contributed by atoms with Crippen LogP contribution in [0.1, 0.15) is 247 Å². The van der Waals surface area contributed by atoms with Crippen molar-refractivity contribution in [1.29, 1.82) is 0 Å². The number of carboxylic acid groups (broad SMARTS) is 1. The van der Waals surface area contributed by atoms with Crippen molar-refractivity contribution in [2.24, 2.45) is 0 Å². The van der Waals surface area contributed by atoms with Crippen molar-refractivity contribution in [1.82, 2.24) is 74.4 Å². The summed E-state index contributed by atoms with van der Waals surface area (Å²) in [7, 11) is -3.33. The number of carbonyl (C=O) groups is 15. The van der Waals surface area contributed by atoms with Gasteiger partial charge in [0.15, 0.2) is 25.2 Å². The Labute approximate surface area is 866 Å². The molecule has 0 aliphatic carbocycles. The molecule has 4 aliphatic heterocycles. The molecule has 51 nitrogen and oxygen atoms in total. The Balaban J connectivity index is 1.24. The van der Waals surface area contributed by atoms with Crippen LogP contribution in [0.15, 0.2) is 18.2 Å². The normalized spacial score (nSPS) is 22.7. The largest absolute Gasteiger partial charge is 0.756 e. The summed E-state index contributed by atoms with van der Waals surface area (Å²) in [6.45, 7) is 3.27. The van der Waals surface area contributed by atoms with Crippen molar-refractivity contribution in [3.8, 4) is 5.75 Å². The molecule has 4 fully saturated rings. The van der Waals surface area contributed by atoms with E-state index in [4.69, 9.17) is 47.2 Å². The lowest BCUT2D eigenvalue weighted by Crippen LogP contribution is -2.58. The van der Waals surface area contributed by atoms with Crippen LogP contribution in [0.3, 0.4) is 0 Å². The zero-order valence-corrected chi connectivity index (χ0v) is 87.1. The number of carboxylic acids is 1. The molecule has 4 aliphatic rings. The number of ether oxygens (including phenoxy) is 9. The third kappa shape index (κ3) is 54.2. The molecule has 53 heteroatoms. The molecule has 844 valence electrons. The molecule has 14 amide bonds. The molecule has 0 radical (unpaired) electrons. The van der Waals surface area contributed by atoms with E-state index in [0.717, 1.165) is 7.11 Å². The van der Waals surface area contributed by atoms with E-state index in [9.17, 15) is 127 Å². The van der Waals surface area contributed by atoms with Crippen LogP contribution >= 0.6 is 19.6 Å². The Hall–Kier alpha value is -9.11. The van der Waals surface area contributed by atoms with E-state index >= 15 is 0 Å². The van der Waals surface area contributed by atoms with E-state index in [0.29, 0.717) is 102 Å². The molecule has 20 unspecified atom stereocenters. The SMILES string of the molecule is COP(=O)([O-])OCCCCCCSC(CC(=O)O)C(=O)NCCCCCC(=O)NCCOc1cc(C(=O)NCCNC(=O)C(CCCCNC(=O)CCCCOC2OC(CO)CC(O)C2NC(C)=O)NC(=O)CCCCOC2OC(CO)CC(O)C2NC(C)=O)cc(C(=O)NCCNC(=O)C(CCCCNC(=O)CCCCOC2OC(CO)CC(O)C2NC(C)=O)NC(=O)CCCCOC2OC(CO)CC(O)C2NC(C)=O)c1. The van der Waals surface area contributed by atoms with Crippen LogP contribution in [0, 0.1) is 0 Å². The highest BCUT2D eigenvalue weighted by molar-refractivity contribution is 8.00. The number of thioether (sulfide) groups is 1. The van der Waals surface area contributed by atoms with Gasteiger partial charge in [-0.1, -0.05) is 19.3 Å². The standard InChI is InChI=1S/C95H161N14O37PS/c1-59(114)104-83-72(118)50-66(55-110)143-92(83)138-40-20-12-28-77(122)96-32-17-10-25-70(108-80(125)30-14-22-42-140-94-85(106-61(3)116)74(120)52-68(57-112)145-94)89(131)102-37-35-100-87(129)63-47-64(49-65(48-63)137-45-39-98-79(124)27-9-8-16-34-99-91(133)76(54-82(127)128)148-46-24-7-6-19-44-142-147(134,135)136-5)88(130)101-36-38-103-90(132)71(109-81(126)31-15-23-43-141-95-86(107-62(4)117)75(121)53-69(58-113)146-95)26-11-18-33-97-78(123)29-13-21-41-139-93-84(105-60(2)115)73(119)51-67(56-111)144-93/h47-49,66-76,83-86,92-95,110-113,118-121H,6-46,50-58H2,1-5H3,(H,96,122)(H,97,123)(H,98,124)(H,99,133)(H,100,129)(H,101,130)(H,102,131)(H,103,132)(H,104,114)(H,105,115)(H,106,116)(H,107,117)(H,108,125)(H,109,126)(H,127,128)(H,134,135)/p-1. The van der Waals surface area contributed by atoms with E-state index in [2.05, 4.69) is 79.0 Å². The van der Waals surface area contributed by atoms with E-state index in [1.54, 1.807) is 0 Å². The van der Waals surface area contributed by atoms with Gasteiger partial charge in [0.2, 0.25) is 70.9 Å². The first kappa shape index (κ1) is 129. The first-order valence-electron chi connectivity index (χ1n) is 51.1. The Morgan fingerprint density at radius 1 is 0.385 bits per heavy atom. The predicted molar refractivity (Wildman–Crippen MR) is 527 cm³/mol. The maximum atomic E-state index is 14.2. The molecule has 0 spiro atoms. The van der Waals surface area contributed by atoms with Crippen LogP contribution in [0.2, 0.25) is 0 Å². The Morgan fingerprint density at radius 3 is 1.06 bits per heavy atom. The van der Waals surface area contributed by atoms with Gasteiger partial charge in [-0.2, -0.15) is 0 Å². The molecule has 0 saturated carbocycles. The lowest BCUT2D eigenvalue weighted by molar-refractivity contribution is -0.237. The molecule has 0 aromatic heterocycles. The molecule has 20 atom stereocenters. The Morgan fingerprint density at radius 2 is 0.703 bits per heavy atom. The molecule has 1 aromatic rings. The van der Waals surface area contributed by atoms with Gasteiger partial charge in [0.1, 0.15) is 48.6 Å². The van der Waals surface area contributed by atoms with E-state index in [1.807, 2.05) is 0 Å². The van der Waals surface area contributed by atoms with Gasteiger partial charge in [-0.05, 0) is 140 Å². The minimum Gasteiger partial charge on any atom is -0.756 e.